The highest BCUT2D eigenvalue weighted by Gasteiger charge is 2.12. The van der Waals surface area contributed by atoms with Crippen LogP contribution in [0.5, 0.6) is 0 Å². The Bertz CT molecular complexity index is 934. The Morgan fingerprint density at radius 3 is 2.84 bits per heavy atom. The van der Waals surface area contributed by atoms with Gasteiger partial charge in [-0.3, -0.25) is 4.79 Å². The van der Waals surface area contributed by atoms with Gasteiger partial charge in [-0.2, -0.15) is 9.94 Å². The van der Waals surface area contributed by atoms with Crippen LogP contribution in [-0.4, -0.2) is 31.9 Å². The van der Waals surface area contributed by atoms with Crippen molar-refractivity contribution in [3.05, 3.63) is 59.1 Å². The molecule has 3 aromatic rings. The number of tetrazole rings is 1. The minimum atomic E-state index is -0.217. The Hall–Kier alpha value is -2.89. The van der Waals surface area contributed by atoms with Gasteiger partial charge in [0.25, 0.3) is 0 Å². The molecule has 0 bridgehead atoms. The van der Waals surface area contributed by atoms with Crippen molar-refractivity contribution in [2.24, 2.45) is 0 Å². The van der Waals surface area contributed by atoms with Crippen LogP contribution in [0.15, 0.2) is 53.7 Å². The van der Waals surface area contributed by atoms with E-state index in [0.717, 1.165) is 5.69 Å². The second kappa shape index (κ2) is 7.79. The first kappa shape index (κ1) is 17.0. The van der Waals surface area contributed by atoms with Crippen molar-refractivity contribution in [1.82, 2.24) is 20.2 Å². The first-order chi connectivity index (χ1) is 12.2. The molecule has 0 radical (unpaired) electrons. The third-order valence-electron chi connectivity index (χ3n) is 3.12. The van der Waals surface area contributed by atoms with E-state index in [9.17, 15) is 4.79 Å². The highest BCUT2D eigenvalue weighted by atomic mass is 35.5. The second-order valence-corrected chi connectivity index (χ2v) is 6.26. The molecule has 2 aromatic carbocycles. The summed E-state index contributed by atoms with van der Waals surface area (Å²) in [6, 6.07) is 15.8. The molecule has 1 N–H and O–H groups in total. The molecule has 9 heteroatoms. The van der Waals surface area contributed by atoms with Crippen molar-refractivity contribution < 1.29 is 4.79 Å². The maximum absolute atomic E-state index is 12.1. The normalized spacial score (nSPS) is 10.2. The first-order valence-electron chi connectivity index (χ1n) is 7.13. The number of anilines is 1. The van der Waals surface area contributed by atoms with Crippen LogP contribution < -0.4 is 5.32 Å². The van der Waals surface area contributed by atoms with Crippen molar-refractivity contribution in [1.29, 1.82) is 5.26 Å². The third kappa shape index (κ3) is 4.35. The summed E-state index contributed by atoms with van der Waals surface area (Å²) in [5, 5.41) is 24.2. The minimum Gasteiger partial charge on any atom is -0.325 e. The van der Waals surface area contributed by atoms with Gasteiger partial charge < -0.3 is 5.32 Å². The van der Waals surface area contributed by atoms with Crippen LogP contribution >= 0.6 is 23.4 Å². The van der Waals surface area contributed by atoms with E-state index < -0.39 is 0 Å². The molecular weight excluding hydrogens is 360 g/mol. The number of rotatable bonds is 5. The molecule has 0 aliphatic heterocycles. The zero-order valence-electron chi connectivity index (χ0n) is 12.8. The number of hydrogen-bond acceptors (Lipinski definition) is 6. The summed E-state index contributed by atoms with van der Waals surface area (Å²) in [5.74, 6) is -0.0872. The SMILES string of the molecule is N#Cc1cccc(NC(=O)CSc2nnnn2-c2ccc(Cl)cc2)c1. The molecule has 0 aliphatic rings. The smallest absolute Gasteiger partial charge is 0.234 e. The number of thioether (sulfide) groups is 1. The van der Waals surface area contributed by atoms with Crippen LogP contribution in [0.25, 0.3) is 5.69 Å². The number of hydrogen-bond donors (Lipinski definition) is 1. The van der Waals surface area contributed by atoms with Gasteiger partial charge in [0.05, 0.1) is 23.1 Å². The predicted molar refractivity (Wildman–Crippen MR) is 94.7 cm³/mol. The van der Waals surface area contributed by atoms with Gasteiger partial charge in [-0.05, 0) is 52.9 Å². The van der Waals surface area contributed by atoms with Crippen LogP contribution in [0.1, 0.15) is 5.56 Å². The lowest BCUT2D eigenvalue weighted by Gasteiger charge is -2.06. The minimum absolute atomic E-state index is 0.130. The molecule has 124 valence electrons. The fraction of sp³-hybridized carbons (Fsp3) is 0.0625. The summed E-state index contributed by atoms with van der Waals surface area (Å²) in [5.41, 5.74) is 1.80. The fourth-order valence-corrected chi connectivity index (χ4v) is 2.82. The molecule has 7 nitrogen and oxygen atoms in total. The number of nitrogens with one attached hydrogen (secondary N) is 1. The van der Waals surface area contributed by atoms with Gasteiger partial charge in [0.2, 0.25) is 11.1 Å². The lowest BCUT2D eigenvalue weighted by atomic mass is 10.2. The Balaban J connectivity index is 1.64. The standard InChI is InChI=1S/C16H11ClN6OS/c17-12-4-6-14(7-5-12)23-16(20-21-22-23)25-10-15(24)19-13-3-1-2-11(8-13)9-18/h1-8H,10H2,(H,19,24). The molecule has 0 aliphatic carbocycles. The zero-order chi connectivity index (χ0) is 17.6. The fourth-order valence-electron chi connectivity index (χ4n) is 2.01. The average molecular weight is 371 g/mol. The average Bonchev–Trinajstić information content (AvgIpc) is 3.09. The molecule has 0 saturated heterocycles. The summed E-state index contributed by atoms with van der Waals surface area (Å²) in [6.07, 6.45) is 0. The summed E-state index contributed by atoms with van der Waals surface area (Å²) in [7, 11) is 0. The summed E-state index contributed by atoms with van der Waals surface area (Å²) < 4.78 is 1.53. The zero-order valence-corrected chi connectivity index (χ0v) is 14.3. The number of carbonyl (C=O) groups is 1. The van der Waals surface area contributed by atoms with Gasteiger partial charge in [-0.1, -0.05) is 29.4 Å². The molecule has 0 saturated carbocycles. The highest BCUT2D eigenvalue weighted by Crippen LogP contribution is 2.20. The number of halogens is 1. The third-order valence-corrected chi connectivity index (χ3v) is 4.29. The Kier molecular flexibility index (Phi) is 5.28. The van der Waals surface area contributed by atoms with Crippen molar-refractivity contribution in [2.75, 3.05) is 11.1 Å². The highest BCUT2D eigenvalue weighted by molar-refractivity contribution is 7.99. The van der Waals surface area contributed by atoms with E-state index >= 15 is 0 Å². The van der Waals surface area contributed by atoms with E-state index in [1.54, 1.807) is 48.5 Å². The number of nitriles is 1. The van der Waals surface area contributed by atoms with E-state index in [1.807, 2.05) is 6.07 Å². The Labute approximate surface area is 152 Å². The molecule has 25 heavy (non-hydrogen) atoms. The molecule has 0 atom stereocenters. The lowest BCUT2D eigenvalue weighted by Crippen LogP contribution is -2.14. The van der Waals surface area contributed by atoms with Crippen LogP contribution in [-0.2, 0) is 4.79 Å². The van der Waals surface area contributed by atoms with Crippen LogP contribution in [0.4, 0.5) is 5.69 Å². The van der Waals surface area contributed by atoms with Gasteiger partial charge in [-0.15, -0.1) is 5.10 Å². The van der Waals surface area contributed by atoms with Crippen LogP contribution in [0, 0.1) is 11.3 Å². The van der Waals surface area contributed by atoms with Gasteiger partial charge in [0.1, 0.15) is 0 Å². The molecular formula is C16H11ClN6OS. The van der Waals surface area contributed by atoms with E-state index in [4.69, 9.17) is 16.9 Å². The van der Waals surface area contributed by atoms with Crippen molar-refractivity contribution in [2.45, 2.75) is 5.16 Å². The molecule has 3 rings (SSSR count). The van der Waals surface area contributed by atoms with Gasteiger partial charge in [0, 0.05) is 10.7 Å². The summed E-state index contributed by atoms with van der Waals surface area (Å²) in [6.45, 7) is 0. The predicted octanol–water partition coefficient (Wildman–Crippen LogP) is 2.92. The second-order valence-electron chi connectivity index (χ2n) is 4.88. The van der Waals surface area contributed by atoms with E-state index in [1.165, 1.54) is 16.4 Å². The van der Waals surface area contributed by atoms with E-state index in [2.05, 4.69) is 20.8 Å². The van der Waals surface area contributed by atoms with E-state index in [0.29, 0.717) is 21.4 Å². The molecule has 0 fully saturated rings. The molecule has 1 heterocycles. The molecule has 0 unspecified atom stereocenters. The number of nitrogens with zero attached hydrogens (tertiary/aromatic N) is 5. The molecule has 1 amide bonds. The maximum Gasteiger partial charge on any atom is 0.234 e. The number of benzene rings is 2. The largest absolute Gasteiger partial charge is 0.325 e. The van der Waals surface area contributed by atoms with Crippen molar-refractivity contribution in [3.63, 3.8) is 0 Å². The number of amides is 1. The topological polar surface area (TPSA) is 96.5 Å². The molecule has 0 spiro atoms. The quantitative estimate of drug-likeness (QED) is 0.693. The van der Waals surface area contributed by atoms with Crippen LogP contribution in [0.2, 0.25) is 5.02 Å². The monoisotopic (exact) mass is 370 g/mol. The van der Waals surface area contributed by atoms with Crippen LogP contribution in [0.3, 0.4) is 0 Å². The van der Waals surface area contributed by atoms with Gasteiger partial charge >= 0.3 is 0 Å². The van der Waals surface area contributed by atoms with Gasteiger partial charge in [0.15, 0.2) is 0 Å². The van der Waals surface area contributed by atoms with Crippen molar-refractivity contribution >= 4 is 35.0 Å². The van der Waals surface area contributed by atoms with Crippen molar-refractivity contribution in [3.8, 4) is 11.8 Å². The summed E-state index contributed by atoms with van der Waals surface area (Å²) >= 11 is 7.08. The first-order valence-corrected chi connectivity index (χ1v) is 8.49. The number of carbonyl (C=O) groups excluding carboxylic acids is 1. The Morgan fingerprint density at radius 1 is 1.28 bits per heavy atom. The maximum atomic E-state index is 12.1. The van der Waals surface area contributed by atoms with Gasteiger partial charge in [-0.25, -0.2) is 0 Å². The number of aromatic nitrogens is 4. The Morgan fingerprint density at radius 2 is 2.08 bits per heavy atom. The lowest BCUT2D eigenvalue weighted by molar-refractivity contribution is -0.113. The van der Waals surface area contributed by atoms with E-state index in [-0.39, 0.29) is 11.7 Å². The molecule has 1 aromatic heterocycles. The summed E-state index contributed by atoms with van der Waals surface area (Å²) in [4.78, 5) is 12.1.